The predicted octanol–water partition coefficient (Wildman–Crippen LogP) is 1.61. The van der Waals surface area contributed by atoms with Gasteiger partial charge in [0.15, 0.2) is 11.6 Å². The van der Waals surface area contributed by atoms with E-state index in [2.05, 4.69) is 29.1 Å². The second-order valence-corrected chi connectivity index (χ2v) is 4.49. The van der Waals surface area contributed by atoms with Gasteiger partial charge in [-0.3, -0.25) is 0 Å². The van der Waals surface area contributed by atoms with Gasteiger partial charge in [0.25, 0.3) is 0 Å². The molecule has 17 heavy (non-hydrogen) atoms. The van der Waals surface area contributed by atoms with Crippen molar-refractivity contribution < 1.29 is 9.84 Å². The Hall–Kier alpha value is -1.36. The molecule has 0 aliphatic carbocycles. The first-order chi connectivity index (χ1) is 8.06. The van der Waals surface area contributed by atoms with E-state index in [-0.39, 0.29) is 12.6 Å². The molecule has 1 rings (SSSR count). The van der Waals surface area contributed by atoms with Crippen LogP contribution < -0.4 is 10.1 Å². The number of hydrogen-bond donors (Lipinski definition) is 2. The number of aromatic nitrogens is 2. The molecule has 0 saturated heterocycles. The molecule has 0 aliphatic heterocycles. The Labute approximate surface area is 102 Å². The van der Waals surface area contributed by atoms with Gasteiger partial charge in [0.1, 0.15) is 5.82 Å². The lowest BCUT2D eigenvalue weighted by molar-refractivity contribution is 0.258. The van der Waals surface area contributed by atoms with Gasteiger partial charge < -0.3 is 15.2 Å². The van der Waals surface area contributed by atoms with E-state index in [1.54, 1.807) is 13.3 Å². The summed E-state index contributed by atoms with van der Waals surface area (Å²) in [6.45, 7) is 6.13. The monoisotopic (exact) mass is 239 g/mol. The van der Waals surface area contributed by atoms with E-state index in [1.165, 1.54) is 0 Å². The first-order valence-corrected chi connectivity index (χ1v) is 5.81. The Balaban J connectivity index is 2.80. The van der Waals surface area contributed by atoms with Crippen molar-refractivity contribution in [1.29, 1.82) is 0 Å². The van der Waals surface area contributed by atoms with Crippen molar-refractivity contribution >= 4 is 5.82 Å². The normalized spacial score (nSPS) is 12.6. The van der Waals surface area contributed by atoms with E-state index in [1.807, 2.05) is 6.92 Å². The van der Waals surface area contributed by atoms with Crippen LogP contribution in [0.3, 0.4) is 0 Å². The topological polar surface area (TPSA) is 67.3 Å². The van der Waals surface area contributed by atoms with E-state index in [9.17, 15) is 5.11 Å². The average Bonchev–Trinajstić information content (AvgIpc) is 2.28. The van der Waals surface area contributed by atoms with Crippen LogP contribution in [-0.4, -0.2) is 34.8 Å². The Morgan fingerprint density at radius 3 is 2.71 bits per heavy atom. The highest BCUT2D eigenvalue weighted by Crippen LogP contribution is 2.22. The van der Waals surface area contributed by atoms with E-state index in [4.69, 9.17) is 4.74 Å². The molecule has 0 bridgehead atoms. The molecule has 0 fully saturated rings. The summed E-state index contributed by atoms with van der Waals surface area (Å²) in [4.78, 5) is 8.35. The zero-order valence-electron chi connectivity index (χ0n) is 10.9. The smallest absolute Gasteiger partial charge is 0.179 e. The van der Waals surface area contributed by atoms with Gasteiger partial charge in [0.05, 0.1) is 26.0 Å². The van der Waals surface area contributed by atoms with Crippen LogP contribution in [0.4, 0.5) is 5.82 Å². The lowest BCUT2D eigenvalue weighted by atomic mass is 10.0. The van der Waals surface area contributed by atoms with Crippen LogP contribution >= 0.6 is 0 Å². The largest absolute Gasteiger partial charge is 0.491 e. The van der Waals surface area contributed by atoms with Crippen LogP contribution in [0.15, 0.2) is 6.20 Å². The SMILES string of the molecule is COc1cnc(C)nc1N[C@H](CO)CC(C)C. The van der Waals surface area contributed by atoms with Gasteiger partial charge in [0, 0.05) is 0 Å². The first kappa shape index (κ1) is 13.7. The fourth-order valence-corrected chi connectivity index (χ4v) is 1.65. The van der Waals surface area contributed by atoms with Crippen LogP contribution in [0.2, 0.25) is 0 Å². The number of ether oxygens (including phenoxy) is 1. The summed E-state index contributed by atoms with van der Waals surface area (Å²) in [5, 5.41) is 12.5. The zero-order chi connectivity index (χ0) is 12.8. The summed E-state index contributed by atoms with van der Waals surface area (Å²) in [5.41, 5.74) is 0. The highest BCUT2D eigenvalue weighted by atomic mass is 16.5. The molecular formula is C12H21N3O2. The minimum absolute atomic E-state index is 0.0156. The molecule has 5 nitrogen and oxygen atoms in total. The van der Waals surface area contributed by atoms with Crippen molar-refractivity contribution in [3.8, 4) is 5.75 Å². The molecule has 1 heterocycles. The van der Waals surface area contributed by atoms with Crippen molar-refractivity contribution in [1.82, 2.24) is 9.97 Å². The molecule has 2 N–H and O–H groups in total. The van der Waals surface area contributed by atoms with Gasteiger partial charge in [-0.2, -0.15) is 0 Å². The number of rotatable bonds is 6. The van der Waals surface area contributed by atoms with Crippen molar-refractivity contribution in [3.63, 3.8) is 0 Å². The molecular weight excluding hydrogens is 218 g/mol. The number of methoxy groups -OCH3 is 1. The summed E-state index contributed by atoms with van der Waals surface area (Å²) in [7, 11) is 1.58. The van der Waals surface area contributed by atoms with E-state index in [0.717, 1.165) is 6.42 Å². The molecule has 0 aliphatic rings. The van der Waals surface area contributed by atoms with Crippen LogP contribution in [0.5, 0.6) is 5.75 Å². The molecule has 0 spiro atoms. The molecule has 0 amide bonds. The highest BCUT2D eigenvalue weighted by Gasteiger charge is 2.13. The van der Waals surface area contributed by atoms with Crippen molar-refractivity contribution in [2.24, 2.45) is 5.92 Å². The van der Waals surface area contributed by atoms with Crippen molar-refractivity contribution in [3.05, 3.63) is 12.0 Å². The third-order valence-electron chi connectivity index (χ3n) is 2.41. The quantitative estimate of drug-likeness (QED) is 0.789. The number of aliphatic hydroxyl groups excluding tert-OH is 1. The molecule has 1 aromatic rings. The number of nitrogens with zero attached hydrogens (tertiary/aromatic N) is 2. The fraction of sp³-hybridized carbons (Fsp3) is 0.667. The Morgan fingerprint density at radius 2 is 2.18 bits per heavy atom. The van der Waals surface area contributed by atoms with Crippen LogP contribution in [0.1, 0.15) is 26.1 Å². The summed E-state index contributed by atoms with van der Waals surface area (Å²) in [5.74, 6) is 2.42. The molecule has 1 aromatic heterocycles. The minimum atomic E-state index is -0.0156. The first-order valence-electron chi connectivity index (χ1n) is 5.81. The zero-order valence-corrected chi connectivity index (χ0v) is 10.9. The van der Waals surface area contributed by atoms with Gasteiger partial charge in [-0.25, -0.2) is 9.97 Å². The molecule has 0 saturated carbocycles. The Morgan fingerprint density at radius 1 is 1.47 bits per heavy atom. The third kappa shape index (κ3) is 4.19. The molecule has 96 valence electrons. The Bertz CT molecular complexity index is 356. The van der Waals surface area contributed by atoms with E-state index >= 15 is 0 Å². The van der Waals surface area contributed by atoms with Gasteiger partial charge in [-0.05, 0) is 19.3 Å². The van der Waals surface area contributed by atoms with E-state index < -0.39 is 0 Å². The molecule has 0 radical (unpaired) electrons. The predicted molar refractivity (Wildman–Crippen MR) is 67.3 cm³/mol. The minimum Gasteiger partial charge on any atom is -0.491 e. The standard InChI is InChI=1S/C12H21N3O2/c1-8(2)5-10(7-16)15-12-11(17-4)6-13-9(3)14-12/h6,8,10,16H,5,7H2,1-4H3,(H,13,14,15)/t10-/m0/s1. The fourth-order valence-electron chi connectivity index (χ4n) is 1.65. The molecule has 0 aromatic carbocycles. The summed E-state index contributed by atoms with van der Waals surface area (Å²) in [6, 6.07) is -0.0156. The van der Waals surface area contributed by atoms with Gasteiger partial charge in [-0.1, -0.05) is 13.8 Å². The van der Waals surface area contributed by atoms with E-state index in [0.29, 0.717) is 23.3 Å². The van der Waals surface area contributed by atoms with Crippen molar-refractivity contribution in [2.75, 3.05) is 19.0 Å². The van der Waals surface area contributed by atoms with Crippen LogP contribution in [-0.2, 0) is 0 Å². The molecule has 5 heteroatoms. The Kier molecular flexibility index (Phi) is 5.15. The highest BCUT2D eigenvalue weighted by molar-refractivity contribution is 5.49. The van der Waals surface area contributed by atoms with Crippen LogP contribution in [0, 0.1) is 12.8 Å². The average molecular weight is 239 g/mol. The second-order valence-electron chi connectivity index (χ2n) is 4.49. The number of nitrogens with one attached hydrogen (secondary N) is 1. The summed E-state index contributed by atoms with van der Waals surface area (Å²) >= 11 is 0. The van der Waals surface area contributed by atoms with Crippen LogP contribution in [0.25, 0.3) is 0 Å². The summed E-state index contributed by atoms with van der Waals surface area (Å²) < 4.78 is 5.18. The number of anilines is 1. The maximum Gasteiger partial charge on any atom is 0.179 e. The van der Waals surface area contributed by atoms with Gasteiger partial charge in [-0.15, -0.1) is 0 Å². The second kappa shape index (κ2) is 6.39. The lowest BCUT2D eigenvalue weighted by Crippen LogP contribution is -2.26. The number of aliphatic hydroxyl groups is 1. The maximum atomic E-state index is 9.32. The number of aryl methyl sites for hydroxylation is 1. The van der Waals surface area contributed by atoms with Gasteiger partial charge in [0.2, 0.25) is 0 Å². The van der Waals surface area contributed by atoms with Gasteiger partial charge >= 0.3 is 0 Å². The molecule has 1 atom stereocenters. The maximum absolute atomic E-state index is 9.32. The van der Waals surface area contributed by atoms with Crippen molar-refractivity contribution in [2.45, 2.75) is 33.2 Å². The molecule has 0 unspecified atom stereocenters. The lowest BCUT2D eigenvalue weighted by Gasteiger charge is -2.20. The third-order valence-corrected chi connectivity index (χ3v) is 2.41. The summed E-state index contributed by atoms with van der Waals surface area (Å²) in [6.07, 6.45) is 2.51. The number of hydrogen-bond acceptors (Lipinski definition) is 5.